The van der Waals surface area contributed by atoms with E-state index in [4.69, 9.17) is 18.9 Å². The standard InChI is InChI=1S/C29H28O7/c1-3-23-19(2)24(34-26(30)20-13-7-4-8-14-20)25(35-27(31)21-15-9-5-10-16-21)29(33-23)36-28(32)22-17-11-6-12-18-22/h4-19,23-25,29H,3H2,1-2H3/t19-,23-,24+,25+,29-/m1/s1. The maximum atomic E-state index is 13.0. The van der Waals surface area contributed by atoms with Crippen molar-refractivity contribution in [3.8, 4) is 0 Å². The monoisotopic (exact) mass is 488 g/mol. The fourth-order valence-electron chi connectivity index (χ4n) is 4.18. The summed E-state index contributed by atoms with van der Waals surface area (Å²) in [7, 11) is 0. The van der Waals surface area contributed by atoms with E-state index < -0.39 is 42.5 Å². The van der Waals surface area contributed by atoms with Crippen molar-refractivity contribution in [1.82, 2.24) is 0 Å². The van der Waals surface area contributed by atoms with Gasteiger partial charge in [0.2, 0.25) is 12.4 Å². The summed E-state index contributed by atoms with van der Waals surface area (Å²) in [4.78, 5) is 38.9. The van der Waals surface area contributed by atoms with E-state index in [0.717, 1.165) is 0 Å². The Morgan fingerprint density at radius 2 is 1.03 bits per heavy atom. The van der Waals surface area contributed by atoms with Gasteiger partial charge < -0.3 is 18.9 Å². The molecule has 0 amide bonds. The molecule has 0 unspecified atom stereocenters. The minimum absolute atomic E-state index is 0.309. The number of ether oxygens (including phenoxy) is 4. The SMILES string of the molecule is CC[C@H]1O[C@H](OC(=O)c2ccccc2)[C@@H](OC(=O)c2ccccc2)[C@@H](OC(=O)c2ccccc2)[C@@H]1C. The molecule has 1 heterocycles. The molecule has 0 bridgehead atoms. The van der Waals surface area contributed by atoms with Gasteiger partial charge in [0.1, 0.15) is 0 Å². The van der Waals surface area contributed by atoms with E-state index in [9.17, 15) is 14.4 Å². The molecule has 0 aliphatic carbocycles. The van der Waals surface area contributed by atoms with Gasteiger partial charge in [-0.1, -0.05) is 68.4 Å². The molecular weight excluding hydrogens is 460 g/mol. The van der Waals surface area contributed by atoms with Crippen LogP contribution in [0.15, 0.2) is 91.0 Å². The van der Waals surface area contributed by atoms with Gasteiger partial charge in [0, 0.05) is 5.92 Å². The summed E-state index contributed by atoms with van der Waals surface area (Å²) in [5, 5.41) is 0. The van der Waals surface area contributed by atoms with Gasteiger partial charge in [0.05, 0.1) is 22.8 Å². The summed E-state index contributed by atoms with van der Waals surface area (Å²) in [5.41, 5.74) is 0.984. The van der Waals surface area contributed by atoms with Crippen molar-refractivity contribution in [2.24, 2.45) is 5.92 Å². The average molecular weight is 489 g/mol. The van der Waals surface area contributed by atoms with Crippen LogP contribution < -0.4 is 0 Å². The van der Waals surface area contributed by atoms with Crippen LogP contribution in [-0.4, -0.2) is 42.5 Å². The van der Waals surface area contributed by atoms with Crippen LogP contribution in [-0.2, 0) is 18.9 Å². The normalized spacial score (nSPS) is 23.3. The average Bonchev–Trinajstić information content (AvgIpc) is 2.93. The van der Waals surface area contributed by atoms with E-state index in [0.29, 0.717) is 23.1 Å². The lowest BCUT2D eigenvalue weighted by Crippen LogP contribution is -2.57. The van der Waals surface area contributed by atoms with Crippen molar-refractivity contribution in [2.75, 3.05) is 0 Å². The van der Waals surface area contributed by atoms with Crippen LogP contribution in [0.1, 0.15) is 51.3 Å². The van der Waals surface area contributed by atoms with Gasteiger partial charge in [-0.05, 0) is 42.8 Å². The highest BCUT2D eigenvalue weighted by molar-refractivity contribution is 5.91. The Balaban J connectivity index is 1.65. The molecule has 1 saturated heterocycles. The number of benzene rings is 3. The molecular formula is C29H28O7. The molecule has 0 saturated carbocycles. The van der Waals surface area contributed by atoms with E-state index in [1.165, 1.54) is 0 Å². The molecule has 1 aliphatic heterocycles. The smallest absolute Gasteiger partial charge is 0.340 e. The van der Waals surface area contributed by atoms with Crippen molar-refractivity contribution >= 4 is 17.9 Å². The Hall–Kier alpha value is -3.97. The summed E-state index contributed by atoms with van der Waals surface area (Å²) in [6, 6.07) is 25.4. The van der Waals surface area contributed by atoms with Gasteiger partial charge in [0.25, 0.3) is 0 Å². The number of rotatable bonds is 7. The summed E-state index contributed by atoms with van der Waals surface area (Å²) < 4.78 is 23.5. The van der Waals surface area contributed by atoms with E-state index in [1.54, 1.807) is 91.0 Å². The Morgan fingerprint density at radius 3 is 1.44 bits per heavy atom. The highest BCUT2D eigenvalue weighted by Crippen LogP contribution is 2.34. The first-order valence-electron chi connectivity index (χ1n) is 11.9. The van der Waals surface area contributed by atoms with Crippen molar-refractivity contribution in [3.63, 3.8) is 0 Å². The van der Waals surface area contributed by atoms with E-state index in [-0.39, 0.29) is 5.92 Å². The van der Waals surface area contributed by atoms with Gasteiger partial charge in [-0.15, -0.1) is 0 Å². The number of hydrogen-bond acceptors (Lipinski definition) is 7. The fourth-order valence-corrected chi connectivity index (χ4v) is 4.18. The van der Waals surface area contributed by atoms with Gasteiger partial charge >= 0.3 is 17.9 Å². The predicted molar refractivity (Wildman–Crippen MR) is 131 cm³/mol. The van der Waals surface area contributed by atoms with Crippen LogP contribution in [0.5, 0.6) is 0 Å². The van der Waals surface area contributed by atoms with Crippen LogP contribution in [0.3, 0.4) is 0 Å². The highest BCUT2D eigenvalue weighted by Gasteiger charge is 2.50. The Labute approximate surface area is 209 Å². The minimum Gasteiger partial charge on any atom is -0.454 e. The second-order valence-electron chi connectivity index (χ2n) is 8.55. The first-order chi connectivity index (χ1) is 17.5. The van der Waals surface area contributed by atoms with Gasteiger partial charge in [-0.3, -0.25) is 0 Å². The summed E-state index contributed by atoms with van der Waals surface area (Å²) >= 11 is 0. The lowest BCUT2D eigenvalue weighted by molar-refractivity contribution is -0.264. The van der Waals surface area contributed by atoms with Crippen LogP contribution in [0.25, 0.3) is 0 Å². The van der Waals surface area contributed by atoms with E-state index in [1.807, 2.05) is 13.8 Å². The summed E-state index contributed by atoms with van der Waals surface area (Å²) in [6.45, 7) is 3.78. The molecule has 186 valence electrons. The lowest BCUT2D eigenvalue weighted by Gasteiger charge is -2.43. The molecule has 7 nitrogen and oxygen atoms in total. The Kier molecular flexibility index (Phi) is 8.13. The molecule has 7 heteroatoms. The first-order valence-corrected chi connectivity index (χ1v) is 11.9. The number of esters is 3. The molecule has 1 fully saturated rings. The molecule has 0 spiro atoms. The van der Waals surface area contributed by atoms with E-state index in [2.05, 4.69) is 0 Å². The third-order valence-electron chi connectivity index (χ3n) is 6.15. The molecule has 0 aromatic heterocycles. The number of hydrogen-bond donors (Lipinski definition) is 0. The minimum atomic E-state index is -1.28. The molecule has 3 aromatic carbocycles. The molecule has 4 rings (SSSR count). The zero-order valence-corrected chi connectivity index (χ0v) is 20.1. The fraction of sp³-hybridized carbons (Fsp3) is 0.276. The highest BCUT2D eigenvalue weighted by atomic mass is 16.7. The van der Waals surface area contributed by atoms with Crippen LogP contribution in [0.4, 0.5) is 0 Å². The Bertz CT molecular complexity index is 1160. The largest absolute Gasteiger partial charge is 0.454 e. The third-order valence-corrected chi connectivity index (χ3v) is 6.15. The zero-order chi connectivity index (χ0) is 25.5. The summed E-state index contributed by atoms with van der Waals surface area (Å²) in [5.74, 6) is -2.20. The molecule has 36 heavy (non-hydrogen) atoms. The molecule has 1 aliphatic rings. The van der Waals surface area contributed by atoms with Crippen LogP contribution >= 0.6 is 0 Å². The maximum Gasteiger partial charge on any atom is 0.340 e. The molecule has 5 atom stereocenters. The van der Waals surface area contributed by atoms with Crippen LogP contribution in [0.2, 0.25) is 0 Å². The Morgan fingerprint density at radius 1 is 0.639 bits per heavy atom. The lowest BCUT2D eigenvalue weighted by atomic mass is 9.88. The molecule has 0 N–H and O–H groups in total. The van der Waals surface area contributed by atoms with Gasteiger partial charge in [0.15, 0.2) is 6.10 Å². The van der Waals surface area contributed by atoms with Crippen molar-refractivity contribution in [2.45, 2.75) is 44.9 Å². The summed E-state index contributed by atoms with van der Waals surface area (Å²) in [6.07, 6.45) is -3.22. The van der Waals surface area contributed by atoms with Gasteiger partial charge in [-0.2, -0.15) is 0 Å². The second kappa shape index (κ2) is 11.6. The van der Waals surface area contributed by atoms with Crippen molar-refractivity contribution < 1.29 is 33.3 Å². The number of carbonyl (C=O) groups is 3. The van der Waals surface area contributed by atoms with Crippen molar-refractivity contribution in [1.29, 1.82) is 0 Å². The van der Waals surface area contributed by atoms with Gasteiger partial charge in [-0.25, -0.2) is 14.4 Å². The topological polar surface area (TPSA) is 88.1 Å². The zero-order valence-electron chi connectivity index (χ0n) is 20.1. The van der Waals surface area contributed by atoms with E-state index >= 15 is 0 Å². The third kappa shape index (κ3) is 5.80. The maximum absolute atomic E-state index is 13.0. The molecule has 0 radical (unpaired) electrons. The predicted octanol–water partition coefficient (Wildman–Crippen LogP) is 5.07. The van der Waals surface area contributed by atoms with Crippen molar-refractivity contribution in [3.05, 3.63) is 108 Å². The first kappa shape index (κ1) is 25.1. The number of carbonyl (C=O) groups excluding carboxylic acids is 3. The quantitative estimate of drug-likeness (QED) is 0.339. The second-order valence-corrected chi connectivity index (χ2v) is 8.55. The van der Waals surface area contributed by atoms with Crippen LogP contribution in [0, 0.1) is 5.92 Å². The molecule has 3 aromatic rings.